The lowest BCUT2D eigenvalue weighted by Crippen LogP contribution is -2.73. The van der Waals surface area contributed by atoms with E-state index in [0.29, 0.717) is 54.6 Å². The average Bonchev–Trinajstić information content (AvgIpc) is 3.19. The second kappa shape index (κ2) is 9.04. The maximum Gasteiger partial charge on any atom is 0.259 e. The van der Waals surface area contributed by atoms with Gasteiger partial charge in [-0.25, -0.2) is 10.2 Å². The van der Waals surface area contributed by atoms with Crippen LogP contribution in [0.1, 0.15) is 16.1 Å². The molecule has 0 unspecified atom stereocenters. The first-order chi connectivity index (χ1) is 15.0. The molecule has 0 radical (unpaired) electrons. The van der Waals surface area contributed by atoms with E-state index < -0.39 is 0 Å². The fourth-order valence-corrected chi connectivity index (χ4v) is 4.29. The highest BCUT2D eigenvalue weighted by atomic mass is 79.9. The summed E-state index contributed by atoms with van der Waals surface area (Å²) < 4.78 is 11.6. The maximum atomic E-state index is 13.4. The van der Waals surface area contributed by atoms with E-state index in [9.17, 15) is 4.79 Å². The first kappa shape index (κ1) is 21.3. The molecule has 1 saturated heterocycles. The Bertz CT molecular complexity index is 1100. The Labute approximate surface area is 187 Å². The number of hydrogen-bond acceptors (Lipinski definition) is 7. The van der Waals surface area contributed by atoms with Gasteiger partial charge < -0.3 is 19.1 Å². The van der Waals surface area contributed by atoms with E-state index in [-0.39, 0.29) is 5.91 Å². The molecule has 0 atom stereocenters. The minimum Gasteiger partial charge on any atom is -0.496 e. The minimum atomic E-state index is -0.114. The van der Waals surface area contributed by atoms with Crippen molar-refractivity contribution >= 4 is 33.3 Å². The number of para-hydroxylation sites is 1. The molecular weight excluding hydrogens is 466 g/mol. The van der Waals surface area contributed by atoms with Gasteiger partial charge in [-0.1, -0.05) is 17.3 Å². The number of nitrogens with zero attached hydrogens (tertiary/aromatic N) is 4. The summed E-state index contributed by atoms with van der Waals surface area (Å²) in [6.07, 6.45) is 1.61. The van der Waals surface area contributed by atoms with Gasteiger partial charge in [-0.2, -0.15) is 5.48 Å². The van der Waals surface area contributed by atoms with Crippen molar-refractivity contribution < 1.29 is 24.7 Å². The number of pyridine rings is 1. The molecule has 3 heterocycles. The van der Waals surface area contributed by atoms with Crippen molar-refractivity contribution in [2.24, 2.45) is 0 Å². The third kappa shape index (κ3) is 4.14. The molecule has 9 nitrogen and oxygen atoms in total. The van der Waals surface area contributed by atoms with Gasteiger partial charge in [0, 0.05) is 37.8 Å². The molecule has 0 bridgehead atoms. The molecule has 1 fully saturated rings. The molecule has 0 spiro atoms. The third-order valence-corrected chi connectivity index (χ3v) is 5.88. The minimum absolute atomic E-state index is 0.114. The Balaban J connectivity index is 1.53. The number of halogens is 1. The molecule has 2 aromatic heterocycles. The number of benzene rings is 1. The van der Waals surface area contributed by atoms with Crippen LogP contribution >= 0.6 is 15.9 Å². The van der Waals surface area contributed by atoms with Crippen LogP contribution in [0, 0.1) is 6.92 Å². The molecule has 1 aliphatic heterocycles. The summed E-state index contributed by atoms with van der Waals surface area (Å²) in [6.45, 7) is 4.09. The van der Waals surface area contributed by atoms with Crippen LogP contribution in [-0.4, -0.2) is 59.4 Å². The van der Waals surface area contributed by atoms with Crippen molar-refractivity contribution in [3.8, 4) is 17.0 Å². The average molecular weight is 489 g/mol. The first-order valence-electron chi connectivity index (χ1n) is 9.80. The Hall–Kier alpha value is -2.95. The monoisotopic (exact) mass is 488 g/mol. The summed E-state index contributed by atoms with van der Waals surface area (Å²) in [6, 6.07) is 9.24. The Kier molecular flexibility index (Phi) is 6.21. The lowest BCUT2D eigenvalue weighted by molar-refractivity contribution is -0.825. The van der Waals surface area contributed by atoms with Crippen molar-refractivity contribution in [2.45, 2.75) is 6.92 Å². The molecule has 162 valence electrons. The Morgan fingerprint density at radius 3 is 2.68 bits per heavy atom. The quantitative estimate of drug-likeness (QED) is 0.530. The van der Waals surface area contributed by atoms with Crippen LogP contribution < -0.4 is 15.1 Å². The number of rotatable bonds is 5. The SMILES string of the molecule is COc1ccccc1-c1noc(C)c1C(=O)N1CCN(c2ncc([NH2+]O)cc2Br)CC1. The number of carbonyl (C=O) groups excluding carboxylic acids is 1. The number of aryl methyl sites for hydroxylation is 1. The summed E-state index contributed by atoms with van der Waals surface area (Å²) in [5, 5.41) is 13.3. The van der Waals surface area contributed by atoms with E-state index in [2.05, 4.69) is 31.0 Å². The zero-order chi connectivity index (χ0) is 22.0. The zero-order valence-corrected chi connectivity index (χ0v) is 18.8. The van der Waals surface area contributed by atoms with Gasteiger partial charge in [0.05, 0.1) is 17.8 Å². The molecule has 4 rings (SSSR count). The van der Waals surface area contributed by atoms with Crippen LogP contribution in [-0.2, 0) is 0 Å². The fourth-order valence-electron chi connectivity index (χ4n) is 3.68. The summed E-state index contributed by atoms with van der Waals surface area (Å²) in [5.74, 6) is 1.79. The van der Waals surface area contributed by atoms with E-state index >= 15 is 0 Å². The molecule has 1 aliphatic rings. The molecule has 10 heteroatoms. The van der Waals surface area contributed by atoms with Crippen LogP contribution in [0.25, 0.3) is 11.3 Å². The topological polar surface area (TPSA) is 109 Å². The van der Waals surface area contributed by atoms with Crippen LogP contribution in [0.2, 0.25) is 0 Å². The molecular formula is C21H23BrN5O4+. The highest BCUT2D eigenvalue weighted by Crippen LogP contribution is 2.33. The van der Waals surface area contributed by atoms with Gasteiger partial charge >= 0.3 is 0 Å². The normalized spacial score (nSPS) is 14.1. The number of nitrogens with two attached hydrogens (primary N) is 1. The van der Waals surface area contributed by atoms with Gasteiger partial charge in [-0.15, -0.1) is 0 Å². The second-order valence-electron chi connectivity index (χ2n) is 7.15. The summed E-state index contributed by atoms with van der Waals surface area (Å²) in [4.78, 5) is 21.7. The van der Waals surface area contributed by atoms with Crippen LogP contribution in [0.3, 0.4) is 0 Å². The number of aromatic nitrogens is 2. The van der Waals surface area contributed by atoms with Crippen molar-refractivity contribution in [1.29, 1.82) is 0 Å². The van der Waals surface area contributed by atoms with E-state index in [1.807, 2.05) is 24.3 Å². The Morgan fingerprint density at radius 2 is 2.00 bits per heavy atom. The predicted molar refractivity (Wildman–Crippen MR) is 117 cm³/mol. The van der Waals surface area contributed by atoms with Crippen LogP contribution in [0.4, 0.5) is 11.5 Å². The summed E-state index contributed by atoms with van der Waals surface area (Å²) >= 11 is 3.51. The van der Waals surface area contributed by atoms with Crippen LogP contribution in [0.5, 0.6) is 5.75 Å². The third-order valence-electron chi connectivity index (χ3n) is 5.30. The maximum absolute atomic E-state index is 13.4. The number of hydrogen-bond donors (Lipinski definition) is 2. The second-order valence-corrected chi connectivity index (χ2v) is 8.00. The van der Waals surface area contributed by atoms with Crippen molar-refractivity contribution in [1.82, 2.24) is 15.0 Å². The molecule has 3 N–H and O–H groups in total. The van der Waals surface area contributed by atoms with E-state index in [4.69, 9.17) is 14.5 Å². The highest BCUT2D eigenvalue weighted by molar-refractivity contribution is 9.10. The fraction of sp³-hybridized carbons (Fsp3) is 0.286. The van der Waals surface area contributed by atoms with Gasteiger partial charge in [0.25, 0.3) is 5.91 Å². The number of piperazine rings is 1. The van der Waals surface area contributed by atoms with Crippen molar-refractivity contribution in [2.75, 3.05) is 38.2 Å². The number of amides is 1. The van der Waals surface area contributed by atoms with Gasteiger partial charge in [0.2, 0.25) is 0 Å². The molecule has 3 aromatic rings. The smallest absolute Gasteiger partial charge is 0.259 e. The van der Waals surface area contributed by atoms with Crippen molar-refractivity contribution in [3.05, 3.63) is 52.3 Å². The molecule has 0 aliphatic carbocycles. The van der Waals surface area contributed by atoms with Gasteiger partial charge in [0.15, 0.2) is 5.69 Å². The van der Waals surface area contributed by atoms with Gasteiger partial charge in [-0.3, -0.25) is 4.79 Å². The number of quaternary nitrogens is 1. The number of carbonyl (C=O) groups is 1. The summed E-state index contributed by atoms with van der Waals surface area (Å²) in [5.41, 5.74) is 3.30. The number of ether oxygens (including phenoxy) is 1. The van der Waals surface area contributed by atoms with E-state index in [0.717, 1.165) is 21.3 Å². The van der Waals surface area contributed by atoms with Gasteiger partial charge in [-0.05, 0) is 35.0 Å². The zero-order valence-electron chi connectivity index (χ0n) is 17.2. The number of methoxy groups -OCH3 is 1. The van der Waals surface area contributed by atoms with Gasteiger partial charge in [0.1, 0.15) is 28.6 Å². The van der Waals surface area contributed by atoms with E-state index in [1.54, 1.807) is 31.2 Å². The standard InChI is InChI=1S/C21H22BrN5O4/c1-13-18(19(25-31-13)15-5-3-4-6-17(15)30-2)21(28)27-9-7-26(8-10-27)20-16(22)11-14(24-29)12-23-20/h3-6,11-12,24,29H,7-10H2,1-2H3/p+1. The lowest BCUT2D eigenvalue weighted by Gasteiger charge is -2.35. The molecule has 1 amide bonds. The molecule has 1 aromatic carbocycles. The molecule has 31 heavy (non-hydrogen) atoms. The predicted octanol–water partition coefficient (Wildman–Crippen LogP) is 2.36. The summed E-state index contributed by atoms with van der Waals surface area (Å²) in [7, 11) is 1.59. The van der Waals surface area contributed by atoms with Crippen LogP contribution in [0.15, 0.2) is 45.5 Å². The van der Waals surface area contributed by atoms with Crippen molar-refractivity contribution in [3.63, 3.8) is 0 Å². The Morgan fingerprint density at radius 1 is 1.26 bits per heavy atom. The number of anilines is 1. The first-order valence-corrected chi connectivity index (χ1v) is 10.6. The molecule has 0 saturated carbocycles. The highest BCUT2D eigenvalue weighted by Gasteiger charge is 2.30. The lowest BCUT2D eigenvalue weighted by atomic mass is 10.0. The van der Waals surface area contributed by atoms with E-state index in [1.165, 1.54) is 0 Å². The largest absolute Gasteiger partial charge is 0.496 e.